The van der Waals surface area contributed by atoms with E-state index in [0.717, 1.165) is 42.1 Å². The van der Waals surface area contributed by atoms with Crippen molar-refractivity contribution in [3.63, 3.8) is 0 Å². The molecule has 0 saturated carbocycles. The lowest BCUT2D eigenvalue weighted by molar-refractivity contribution is 0.100. The highest BCUT2D eigenvalue weighted by Gasteiger charge is 2.14. The molecule has 1 aliphatic rings. The first-order valence-corrected chi connectivity index (χ1v) is 7.00. The first kappa shape index (κ1) is 13.4. The molecule has 0 aliphatic carbocycles. The summed E-state index contributed by atoms with van der Waals surface area (Å²) in [6.07, 6.45) is 2.35. The van der Waals surface area contributed by atoms with Crippen molar-refractivity contribution in [1.29, 1.82) is 0 Å². The van der Waals surface area contributed by atoms with E-state index in [4.69, 9.17) is 5.73 Å². The number of rotatable bonds is 5. The first-order chi connectivity index (χ1) is 8.66. The minimum absolute atomic E-state index is 0.402. The second-order valence-electron chi connectivity index (χ2n) is 4.63. The quantitative estimate of drug-likeness (QED) is 0.778. The van der Waals surface area contributed by atoms with E-state index >= 15 is 0 Å². The summed E-state index contributed by atoms with van der Waals surface area (Å²) in [7, 11) is 0. The maximum absolute atomic E-state index is 11.3. The fraction of sp³-hybridized carbons (Fsp3) is 0.462. The summed E-state index contributed by atoms with van der Waals surface area (Å²) >= 11 is 3.34. The third-order valence-corrected chi connectivity index (χ3v) is 3.77. The highest BCUT2D eigenvalue weighted by atomic mass is 79.9. The highest BCUT2D eigenvalue weighted by molar-refractivity contribution is 9.10. The number of carbonyl (C=O) groups is 1. The molecule has 1 aromatic carbocycles. The summed E-state index contributed by atoms with van der Waals surface area (Å²) in [6, 6.07) is 5.55. The average Bonchev–Trinajstić information content (AvgIpc) is 2.84. The number of carbonyl (C=O) groups excluding carboxylic acids is 1. The van der Waals surface area contributed by atoms with E-state index in [1.165, 1.54) is 6.42 Å². The summed E-state index contributed by atoms with van der Waals surface area (Å²) in [5, 5.41) is 6.65. The maximum atomic E-state index is 11.3. The lowest BCUT2D eigenvalue weighted by Gasteiger charge is -2.12. The Morgan fingerprint density at radius 1 is 1.56 bits per heavy atom. The summed E-state index contributed by atoms with van der Waals surface area (Å²) in [5.74, 6) is 0.339. The fourth-order valence-corrected chi connectivity index (χ4v) is 2.61. The molecule has 0 bridgehead atoms. The van der Waals surface area contributed by atoms with Crippen molar-refractivity contribution in [2.45, 2.75) is 12.8 Å². The smallest absolute Gasteiger partial charge is 0.250 e. The van der Waals surface area contributed by atoms with Gasteiger partial charge in [0.1, 0.15) is 0 Å². The number of anilines is 1. The van der Waals surface area contributed by atoms with E-state index in [0.29, 0.717) is 5.56 Å². The summed E-state index contributed by atoms with van der Waals surface area (Å²) in [5.41, 5.74) is 6.72. The molecule has 2 rings (SSSR count). The van der Waals surface area contributed by atoms with Gasteiger partial charge in [0.25, 0.3) is 5.91 Å². The van der Waals surface area contributed by atoms with Gasteiger partial charge in [-0.15, -0.1) is 0 Å². The molecule has 4 nitrogen and oxygen atoms in total. The molecule has 1 unspecified atom stereocenters. The van der Waals surface area contributed by atoms with E-state index < -0.39 is 5.91 Å². The van der Waals surface area contributed by atoms with E-state index in [-0.39, 0.29) is 0 Å². The van der Waals surface area contributed by atoms with Crippen LogP contribution in [0.25, 0.3) is 0 Å². The summed E-state index contributed by atoms with van der Waals surface area (Å²) in [4.78, 5) is 11.3. The molecule has 1 fully saturated rings. The van der Waals surface area contributed by atoms with Gasteiger partial charge >= 0.3 is 0 Å². The number of halogens is 1. The largest absolute Gasteiger partial charge is 0.384 e. The minimum Gasteiger partial charge on any atom is -0.384 e. The van der Waals surface area contributed by atoms with Crippen LogP contribution in [0.3, 0.4) is 0 Å². The Hall–Kier alpha value is -1.07. The van der Waals surface area contributed by atoms with Crippen LogP contribution >= 0.6 is 15.9 Å². The van der Waals surface area contributed by atoms with E-state index in [9.17, 15) is 4.79 Å². The van der Waals surface area contributed by atoms with Crippen LogP contribution in [0.1, 0.15) is 23.2 Å². The molecule has 5 heteroatoms. The Morgan fingerprint density at radius 3 is 3.06 bits per heavy atom. The molecule has 0 aromatic heterocycles. The Morgan fingerprint density at radius 2 is 2.39 bits per heavy atom. The fourth-order valence-electron chi connectivity index (χ4n) is 2.25. The summed E-state index contributed by atoms with van der Waals surface area (Å²) in [6.45, 7) is 3.09. The van der Waals surface area contributed by atoms with Crippen LogP contribution < -0.4 is 16.4 Å². The lowest BCUT2D eigenvalue weighted by atomic mass is 10.0. The molecule has 1 atom stereocenters. The topological polar surface area (TPSA) is 67.2 Å². The third kappa shape index (κ3) is 3.46. The predicted molar refractivity (Wildman–Crippen MR) is 76.7 cm³/mol. The van der Waals surface area contributed by atoms with Gasteiger partial charge in [-0.1, -0.05) is 15.9 Å². The van der Waals surface area contributed by atoms with Crippen molar-refractivity contribution in [3.05, 3.63) is 28.2 Å². The van der Waals surface area contributed by atoms with Gasteiger partial charge in [-0.3, -0.25) is 4.79 Å². The van der Waals surface area contributed by atoms with Crippen molar-refractivity contribution < 1.29 is 4.79 Å². The zero-order valence-corrected chi connectivity index (χ0v) is 11.8. The SMILES string of the molecule is NC(=O)c1cc(Br)ccc1NCCC1CCNC1. The first-order valence-electron chi connectivity index (χ1n) is 6.21. The Kier molecular flexibility index (Phi) is 4.60. The molecule has 1 saturated heterocycles. The van der Waals surface area contributed by atoms with Crippen molar-refractivity contribution >= 4 is 27.5 Å². The Labute approximate surface area is 115 Å². The standard InChI is InChI=1S/C13H18BrN3O/c14-10-1-2-12(11(7-10)13(15)18)17-6-4-9-3-5-16-8-9/h1-2,7,9,16-17H,3-6,8H2,(H2,15,18). The van der Waals surface area contributed by atoms with Crippen LogP contribution in [0.5, 0.6) is 0 Å². The molecule has 0 radical (unpaired) electrons. The minimum atomic E-state index is -0.402. The Balaban J connectivity index is 1.93. The molecule has 98 valence electrons. The predicted octanol–water partition coefficient (Wildman–Crippen LogP) is 1.96. The Bertz CT molecular complexity index is 430. The summed E-state index contributed by atoms with van der Waals surface area (Å²) < 4.78 is 0.863. The van der Waals surface area contributed by atoms with Crippen molar-refractivity contribution in [2.75, 3.05) is 25.0 Å². The van der Waals surface area contributed by atoms with Crippen molar-refractivity contribution in [3.8, 4) is 0 Å². The van der Waals surface area contributed by atoms with Crippen LogP contribution in [-0.4, -0.2) is 25.5 Å². The number of nitrogens with two attached hydrogens (primary N) is 1. The molecule has 0 spiro atoms. The number of benzene rings is 1. The normalized spacial score (nSPS) is 18.8. The molecule has 1 aromatic rings. The number of primary amides is 1. The van der Waals surface area contributed by atoms with E-state index in [1.807, 2.05) is 12.1 Å². The number of nitrogens with one attached hydrogen (secondary N) is 2. The molecule has 1 aliphatic heterocycles. The second kappa shape index (κ2) is 6.20. The molecule has 1 heterocycles. The molecular formula is C13H18BrN3O. The number of amides is 1. The average molecular weight is 312 g/mol. The zero-order chi connectivity index (χ0) is 13.0. The van der Waals surface area contributed by atoms with Crippen LogP contribution in [-0.2, 0) is 0 Å². The monoisotopic (exact) mass is 311 g/mol. The molecule has 4 N–H and O–H groups in total. The number of hydrogen-bond donors (Lipinski definition) is 3. The van der Waals surface area contributed by atoms with Gasteiger partial charge in [0, 0.05) is 16.7 Å². The van der Waals surface area contributed by atoms with Gasteiger partial charge in [0.2, 0.25) is 0 Å². The second-order valence-corrected chi connectivity index (χ2v) is 5.54. The van der Waals surface area contributed by atoms with E-state index in [2.05, 4.69) is 26.6 Å². The molecular weight excluding hydrogens is 294 g/mol. The van der Waals surface area contributed by atoms with Crippen LogP contribution in [0.15, 0.2) is 22.7 Å². The van der Waals surface area contributed by atoms with Gasteiger partial charge < -0.3 is 16.4 Å². The lowest BCUT2D eigenvalue weighted by Crippen LogP contribution is -2.16. The van der Waals surface area contributed by atoms with Crippen LogP contribution in [0, 0.1) is 5.92 Å². The zero-order valence-electron chi connectivity index (χ0n) is 10.2. The molecule has 18 heavy (non-hydrogen) atoms. The molecule has 1 amide bonds. The van der Waals surface area contributed by atoms with Gasteiger partial charge in [-0.05, 0) is 50.0 Å². The van der Waals surface area contributed by atoms with Gasteiger partial charge in [0.05, 0.1) is 5.56 Å². The highest BCUT2D eigenvalue weighted by Crippen LogP contribution is 2.21. The maximum Gasteiger partial charge on any atom is 0.250 e. The van der Waals surface area contributed by atoms with Gasteiger partial charge in [0.15, 0.2) is 0 Å². The number of hydrogen-bond acceptors (Lipinski definition) is 3. The van der Waals surface area contributed by atoms with E-state index in [1.54, 1.807) is 6.07 Å². The van der Waals surface area contributed by atoms with Crippen molar-refractivity contribution in [1.82, 2.24) is 5.32 Å². The van der Waals surface area contributed by atoms with Crippen LogP contribution in [0.4, 0.5) is 5.69 Å². The van der Waals surface area contributed by atoms with Crippen LogP contribution in [0.2, 0.25) is 0 Å². The van der Waals surface area contributed by atoms with Gasteiger partial charge in [-0.25, -0.2) is 0 Å². The van der Waals surface area contributed by atoms with Crippen molar-refractivity contribution in [2.24, 2.45) is 11.7 Å². The van der Waals surface area contributed by atoms with Gasteiger partial charge in [-0.2, -0.15) is 0 Å². The third-order valence-electron chi connectivity index (χ3n) is 3.28.